The molecule has 0 bridgehead atoms. The van der Waals surface area contributed by atoms with E-state index in [1.165, 1.54) is 6.07 Å². The van der Waals surface area contributed by atoms with E-state index in [1.54, 1.807) is 18.2 Å². The second-order valence-corrected chi connectivity index (χ2v) is 6.21. The van der Waals surface area contributed by atoms with Crippen molar-refractivity contribution in [3.8, 4) is 11.5 Å². The van der Waals surface area contributed by atoms with Gasteiger partial charge < -0.3 is 14.8 Å². The van der Waals surface area contributed by atoms with Crippen LogP contribution in [0.4, 0.5) is 4.39 Å². The predicted molar refractivity (Wildman–Crippen MR) is 86.6 cm³/mol. The lowest BCUT2D eigenvalue weighted by Crippen LogP contribution is -2.34. The lowest BCUT2D eigenvalue weighted by atomic mass is 9.94. The van der Waals surface area contributed by atoms with Crippen molar-refractivity contribution >= 4 is 5.91 Å². The number of benzene rings is 2. The molecule has 0 radical (unpaired) electrons. The molecule has 24 heavy (non-hydrogen) atoms. The average Bonchev–Trinajstić information content (AvgIpc) is 3.42. The summed E-state index contributed by atoms with van der Waals surface area (Å²) in [6.45, 7) is 1.25. The maximum Gasteiger partial charge on any atom is 0.230 e. The molecule has 1 saturated carbocycles. The van der Waals surface area contributed by atoms with Gasteiger partial charge >= 0.3 is 0 Å². The number of hydrogen-bond acceptors (Lipinski definition) is 3. The van der Waals surface area contributed by atoms with Crippen molar-refractivity contribution in [3.05, 3.63) is 59.4 Å². The molecule has 1 aliphatic carbocycles. The summed E-state index contributed by atoms with van der Waals surface area (Å²) in [5.41, 5.74) is 0.891. The maximum absolute atomic E-state index is 13.7. The smallest absolute Gasteiger partial charge is 0.230 e. The molecule has 1 aliphatic heterocycles. The average molecular weight is 327 g/mol. The molecule has 2 aromatic rings. The molecule has 2 aliphatic rings. The van der Waals surface area contributed by atoms with Crippen LogP contribution in [0.1, 0.15) is 24.0 Å². The van der Waals surface area contributed by atoms with Gasteiger partial charge in [0.25, 0.3) is 0 Å². The Morgan fingerprint density at radius 2 is 1.83 bits per heavy atom. The van der Waals surface area contributed by atoms with Crippen molar-refractivity contribution in [2.24, 2.45) is 0 Å². The molecule has 1 fully saturated rings. The van der Waals surface area contributed by atoms with Crippen molar-refractivity contribution in [2.75, 3.05) is 13.2 Å². The number of carbonyl (C=O) groups is 1. The van der Waals surface area contributed by atoms with Crippen LogP contribution < -0.4 is 14.8 Å². The summed E-state index contributed by atoms with van der Waals surface area (Å²) < 4.78 is 24.8. The van der Waals surface area contributed by atoms with Crippen molar-refractivity contribution in [1.29, 1.82) is 0 Å². The lowest BCUT2D eigenvalue weighted by Gasteiger charge is -2.21. The molecule has 0 spiro atoms. The zero-order valence-electron chi connectivity index (χ0n) is 13.2. The molecule has 0 unspecified atom stereocenters. The van der Waals surface area contributed by atoms with Crippen LogP contribution in [0.15, 0.2) is 42.5 Å². The summed E-state index contributed by atoms with van der Waals surface area (Å²) in [6, 6.07) is 12.1. The summed E-state index contributed by atoms with van der Waals surface area (Å²) >= 11 is 0. The molecule has 1 heterocycles. The summed E-state index contributed by atoms with van der Waals surface area (Å²) in [6.07, 6.45) is 1.57. The van der Waals surface area contributed by atoms with E-state index in [2.05, 4.69) is 5.32 Å². The fourth-order valence-electron chi connectivity index (χ4n) is 3.10. The van der Waals surface area contributed by atoms with Gasteiger partial charge in [-0.1, -0.05) is 24.3 Å². The van der Waals surface area contributed by atoms with E-state index in [4.69, 9.17) is 9.47 Å². The van der Waals surface area contributed by atoms with Crippen LogP contribution in [0.3, 0.4) is 0 Å². The van der Waals surface area contributed by atoms with Crippen LogP contribution in [0.25, 0.3) is 0 Å². The molecule has 5 heteroatoms. The van der Waals surface area contributed by atoms with Gasteiger partial charge in [-0.15, -0.1) is 0 Å². The van der Waals surface area contributed by atoms with Crippen molar-refractivity contribution in [3.63, 3.8) is 0 Å². The molecule has 2 aromatic carbocycles. The van der Waals surface area contributed by atoms with Gasteiger partial charge in [-0.05, 0) is 36.6 Å². The molecule has 0 aromatic heterocycles. The van der Waals surface area contributed by atoms with E-state index in [9.17, 15) is 9.18 Å². The Balaban J connectivity index is 1.51. The highest BCUT2D eigenvalue weighted by Crippen LogP contribution is 2.50. The lowest BCUT2D eigenvalue weighted by molar-refractivity contribution is -0.123. The Morgan fingerprint density at radius 3 is 2.58 bits per heavy atom. The second-order valence-electron chi connectivity index (χ2n) is 6.21. The monoisotopic (exact) mass is 327 g/mol. The van der Waals surface area contributed by atoms with Gasteiger partial charge in [-0.25, -0.2) is 4.39 Å². The van der Waals surface area contributed by atoms with Crippen LogP contribution in [0.2, 0.25) is 0 Å². The number of ether oxygens (including phenoxy) is 2. The topological polar surface area (TPSA) is 47.6 Å². The summed E-state index contributed by atoms with van der Waals surface area (Å²) in [5, 5.41) is 2.87. The highest BCUT2D eigenvalue weighted by atomic mass is 19.1. The van der Waals surface area contributed by atoms with Crippen molar-refractivity contribution in [2.45, 2.75) is 24.8 Å². The number of rotatable bonds is 4. The van der Waals surface area contributed by atoms with Crippen LogP contribution in [-0.4, -0.2) is 19.1 Å². The van der Waals surface area contributed by atoms with Crippen molar-refractivity contribution in [1.82, 2.24) is 5.32 Å². The third-order valence-electron chi connectivity index (χ3n) is 4.68. The third kappa shape index (κ3) is 2.60. The van der Waals surface area contributed by atoms with Gasteiger partial charge in [-0.2, -0.15) is 0 Å². The molecular formula is C19H18FNO3. The van der Waals surface area contributed by atoms with Gasteiger partial charge in [0.2, 0.25) is 5.91 Å². The first kappa shape index (κ1) is 15.0. The minimum atomic E-state index is -0.527. The van der Waals surface area contributed by atoms with Gasteiger partial charge in [0, 0.05) is 12.1 Å². The number of amides is 1. The minimum Gasteiger partial charge on any atom is -0.486 e. The van der Waals surface area contributed by atoms with E-state index in [0.29, 0.717) is 30.3 Å². The van der Waals surface area contributed by atoms with E-state index in [1.807, 2.05) is 18.2 Å². The minimum absolute atomic E-state index is 0.0672. The maximum atomic E-state index is 13.7. The van der Waals surface area contributed by atoms with Crippen molar-refractivity contribution < 1.29 is 18.7 Å². The summed E-state index contributed by atoms with van der Waals surface area (Å²) in [7, 11) is 0. The Kier molecular flexibility index (Phi) is 3.63. The summed E-state index contributed by atoms with van der Waals surface area (Å²) in [5.74, 6) is 1.03. The summed E-state index contributed by atoms with van der Waals surface area (Å²) in [4.78, 5) is 12.7. The van der Waals surface area contributed by atoms with Crippen LogP contribution in [0.5, 0.6) is 11.5 Å². The molecule has 124 valence electrons. The Hall–Kier alpha value is -2.56. The van der Waals surface area contributed by atoms with Crippen LogP contribution >= 0.6 is 0 Å². The Morgan fingerprint density at radius 1 is 1.08 bits per heavy atom. The highest BCUT2D eigenvalue weighted by molar-refractivity contribution is 5.91. The van der Waals surface area contributed by atoms with E-state index < -0.39 is 5.41 Å². The van der Waals surface area contributed by atoms with Gasteiger partial charge in [0.1, 0.15) is 19.0 Å². The largest absolute Gasteiger partial charge is 0.486 e. The molecule has 0 saturated heterocycles. The molecular weight excluding hydrogens is 309 g/mol. The first-order valence-electron chi connectivity index (χ1n) is 8.11. The quantitative estimate of drug-likeness (QED) is 0.939. The number of nitrogens with one attached hydrogen (secondary N) is 1. The fraction of sp³-hybridized carbons (Fsp3) is 0.316. The molecule has 1 N–H and O–H groups in total. The third-order valence-corrected chi connectivity index (χ3v) is 4.68. The van der Waals surface area contributed by atoms with E-state index in [0.717, 1.165) is 18.4 Å². The normalized spacial score (nSPS) is 17.2. The van der Waals surface area contributed by atoms with Crippen LogP contribution in [0, 0.1) is 5.82 Å². The zero-order valence-corrected chi connectivity index (χ0v) is 13.2. The SMILES string of the molecule is O=C(NCc1ccccc1F)C1(c2ccc3c(c2)OCCO3)CC1. The zero-order chi connectivity index (χ0) is 16.6. The standard InChI is InChI=1S/C19H18FNO3/c20-15-4-2-1-3-13(15)12-21-18(22)19(7-8-19)14-5-6-16-17(11-14)24-10-9-23-16/h1-6,11H,7-10,12H2,(H,21,22). The molecule has 4 nitrogen and oxygen atoms in total. The molecule has 1 amide bonds. The predicted octanol–water partition coefficient (Wildman–Crippen LogP) is 2.94. The second kappa shape index (κ2) is 5.82. The number of hydrogen-bond donors (Lipinski definition) is 1. The number of halogens is 1. The van der Waals surface area contributed by atoms with Gasteiger partial charge in [0.05, 0.1) is 5.41 Å². The molecule has 4 rings (SSSR count). The highest BCUT2D eigenvalue weighted by Gasteiger charge is 2.51. The fourth-order valence-corrected chi connectivity index (χ4v) is 3.10. The van der Waals surface area contributed by atoms with Crippen LogP contribution in [-0.2, 0) is 16.8 Å². The first-order chi connectivity index (χ1) is 11.7. The van der Waals surface area contributed by atoms with Gasteiger partial charge in [-0.3, -0.25) is 4.79 Å². The first-order valence-corrected chi connectivity index (χ1v) is 8.11. The number of fused-ring (bicyclic) bond motifs is 1. The Labute approximate surface area is 139 Å². The molecule has 0 atom stereocenters. The van der Waals surface area contributed by atoms with Gasteiger partial charge in [0.15, 0.2) is 11.5 Å². The van der Waals surface area contributed by atoms with E-state index >= 15 is 0 Å². The Bertz CT molecular complexity index is 786. The van der Waals surface area contributed by atoms with E-state index in [-0.39, 0.29) is 18.3 Å². The number of carbonyl (C=O) groups excluding carboxylic acids is 1.